The number of unbranched alkanes of at least 4 members (excludes halogenated alkanes) is 1. The Morgan fingerprint density at radius 3 is 2.45 bits per heavy atom. The molecule has 168 valence electrons. The van der Waals surface area contributed by atoms with Crippen molar-refractivity contribution in [3.05, 3.63) is 71.0 Å². The Morgan fingerprint density at radius 2 is 1.77 bits per heavy atom. The minimum absolute atomic E-state index is 0.00663. The van der Waals surface area contributed by atoms with Crippen LogP contribution in [0.1, 0.15) is 62.1 Å². The molecule has 4 heteroatoms. The van der Waals surface area contributed by atoms with Crippen LogP contribution in [0.5, 0.6) is 0 Å². The molecule has 1 amide bonds. The Bertz CT molecular complexity index is 825. The number of halogens is 1. The molecule has 0 aromatic heterocycles. The first-order valence-corrected chi connectivity index (χ1v) is 11.8. The molecule has 0 aliphatic carbocycles. The van der Waals surface area contributed by atoms with Gasteiger partial charge in [-0.15, -0.1) is 0 Å². The Morgan fingerprint density at radius 1 is 1.06 bits per heavy atom. The van der Waals surface area contributed by atoms with E-state index in [1.54, 1.807) is 17.7 Å². The molecule has 1 aliphatic rings. The van der Waals surface area contributed by atoms with Gasteiger partial charge in [-0.25, -0.2) is 4.39 Å². The van der Waals surface area contributed by atoms with E-state index >= 15 is 0 Å². The number of carbonyl (C=O) groups is 1. The fourth-order valence-corrected chi connectivity index (χ4v) is 5.04. The third-order valence-corrected chi connectivity index (χ3v) is 6.76. The number of piperidine rings is 1. The summed E-state index contributed by atoms with van der Waals surface area (Å²) < 4.78 is 12.9. The Hall–Kier alpha value is -2.20. The van der Waals surface area contributed by atoms with E-state index in [4.69, 9.17) is 0 Å². The van der Waals surface area contributed by atoms with Crippen LogP contribution in [0.3, 0.4) is 0 Å². The fourth-order valence-electron chi connectivity index (χ4n) is 5.04. The van der Waals surface area contributed by atoms with Crippen LogP contribution in [-0.4, -0.2) is 37.0 Å². The van der Waals surface area contributed by atoms with E-state index < -0.39 is 0 Å². The van der Waals surface area contributed by atoms with Gasteiger partial charge in [0.2, 0.25) is 5.91 Å². The predicted octanol–water partition coefficient (Wildman–Crippen LogP) is 5.41. The van der Waals surface area contributed by atoms with E-state index in [1.807, 2.05) is 0 Å². The van der Waals surface area contributed by atoms with Crippen molar-refractivity contribution < 1.29 is 9.18 Å². The number of benzene rings is 2. The van der Waals surface area contributed by atoms with Crippen molar-refractivity contribution in [3.63, 3.8) is 0 Å². The second-order valence-electron chi connectivity index (χ2n) is 9.05. The van der Waals surface area contributed by atoms with E-state index in [-0.39, 0.29) is 11.7 Å². The van der Waals surface area contributed by atoms with Crippen molar-refractivity contribution >= 4 is 5.91 Å². The fraction of sp³-hybridized carbons (Fsp3) is 0.519. The average Bonchev–Trinajstić information content (AvgIpc) is 2.77. The lowest BCUT2D eigenvalue weighted by atomic mass is 9.68. The van der Waals surface area contributed by atoms with Crippen molar-refractivity contribution in [2.45, 2.75) is 64.2 Å². The summed E-state index contributed by atoms with van der Waals surface area (Å²) in [5, 5.41) is 2.99. The molecule has 1 heterocycles. The van der Waals surface area contributed by atoms with Gasteiger partial charge in [0.15, 0.2) is 0 Å². The molecule has 3 rings (SSSR count). The molecule has 3 nitrogen and oxygen atoms in total. The lowest BCUT2D eigenvalue weighted by Gasteiger charge is -2.43. The van der Waals surface area contributed by atoms with Gasteiger partial charge < -0.3 is 10.2 Å². The maximum atomic E-state index is 12.9. The molecular weight excluding hydrogens is 387 g/mol. The summed E-state index contributed by atoms with van der Waals surface area (Å²) in [5.41, 5.74) is 4.17. The molecule has 1 N–H and O–H groups in total. The molecule has 0 spiro atoms. The van der Waals surface area contributed by atoms with E-state index in [9.17, 15) is 9.18 Å². The number of nitrogens with zero attached hydrogens (tertiary/aromatic N) is 1. The van der Waals surface area contributed by atoms with Crippen LogP contribution >= 0.6 is 0 Å². The number of aryl methyl sites for hydroxylation is 1. The maximum Gasteiger partial charge on any atom is 0.224 e. The van der Waals surface area contributed by atoms with Gasteiger partial charge in [-0.3, -0.25) is 4.79 Å². The van der Waals surface area contributed by atoms with Gasteiger partial charge in [-0.2, -0.15) is 0 Å². The smallest absolute Gasteiger partial charge is 0.224 e. The van der Waals surface area contributed by atoms with Crippen LogP contribution in [0.15, 0.2) is 48.5 Å². The summed E-state index contributed by atoms with van der Waals surface area (Å²) in [5.74, 6) is -0.264. The van der Waals surface area contributed by atoms with Crippen molar-refractivity contribution in [2.24, 2.45) is 0 Å². The molecule has 1 aliphatic heterocycles. The number of hydrogen-bond donors (Lipinski definition) is 1. The lowest BCUT2D eigenvalue weighted by molar-refractivity contribution is -0.120. The first kappa shape index (κ1) is 23.5. The van der Waals surface area contributed by atoms with Crippen molar-refractivity contribution in [2.75, 3.05) is 26.2 Å². The van der Waals surface area contributed by atoms with E-state index in [1.165, 1.54) is 43.4 Å². The van der Waals surface area contributed by atoms with Crippen LogP contribution in [-0.2, 0) is 16.6 Å². The summed E-state index contributed by atoms with van der Waals surface area (Å²) in [6.45, 7) is 8.68. The highest BCUT2D eigenvalue weighted by atomic mass is 19.1. The zero-order valence-corrected chi connectivity index (χ0v) is 19.1. The van der Waals surface area contributed by atoms with Crippen LogP contribution in [0, 0.1) is 12.7 Å². The van der Waals surface area contributed by atoms with Gasteiger partial charge in [-0.05, 0) is 92.9 Å². The first-order chi connectivity index (χ1) is 15.0. The first-order valence-electron chi connectivity index (χ1n) is 11.8. The minimum atomic E-state index is -0.271. The molecular formula is C27H37FN2O. The highest BCUT2D eigenvalue weighted by molar-refractivity contribution is 5.78. The number of nitrogens with one attached hydrogen (secondary N) is 1. The number of likely N-dealkylation sites (tertiary alicyclic amines) is 1. The van der Waals surface area contributed by atoms with E-state index in [2.05, 4.69) is 48.3 Å². The molecule has 0 unspecified atom stereocenters. The van der Waals surface area contributed by atoms with Gasteiger partial charge in [0.1, 0.15) is 5.82 Å². The van der Waals surface area contributed by atoms with Crippen LogP contribution in [0.4, 0.5) is 4.39 Å². The van der Waals surface area contributed by atoms with Crippen LogP contribution in [0.25, 0.3) is 0 Å². The molecule has 0 atom stereocenters. The monoisotopic (exact) mass is 424 g/mol. The molecule has 1 saturated heterocycles. The summed E-state index contributed by atoms with van der Waals surface area (Å²) in [6, 6.07) is 15.1. The van der Waals surface area contributed by atoms with Gasteiger partial charge >= 0.3 is 0 Å². The quantitative estimate of drug-likeness (QED) is 0.518. The predicted molar refractivity (Wildman–Crippen MR) is 126 cm³/mol. The highest BCUT2D eigenvalue weighted by Crippen LogP contribution is 2.41. The summed E-state index contributed by atoms with van der Waals surface area (Å²) in [6.07, 6.45) is 7.37. The summed E-state index contributed by atoms with van der Waals surface area (Å²) >= 11 is 0. The largest absolute Gasteiger partial charge is 0.356 e. The summed E-state index contributed by atoms with van der Waals surface area (Å²) in [4.78, 5) is 14.6. The maximum absolute atomic E-state index is 12.9. The van der Waals surface area contributed by atoms with Crippen LogP contribution in [0.2, 0.25) is 0 Å². The molecule has 2 aromatic carbocycles. The number of carbonyl (C=O) groups excluding carboxylic acids is 1. The number of rotatable bonds is 10. The lowest BCUT2D eigenvalue weighted by Crippen LogP contribution is -2.43. The van der Waals surface area contributed by atoms with E-state index in [0.29, 0.717) is 18.4 Å². The number of hydrogen-bond acceptors (Lipinski definition) is 2. The molecule has 0 radical (unpaired) electrons. The SMILES string of the molecule is CCCC1(c2ccccc2C)CCN(CCCCNC(=O)Cc2ccc(F)cc2)CC1. The normalized spacial score (nSPS) is 16.2. The third kappa shape index (κ3) is 6.64. The minimum Gasteiger partial charge on any atom is -0.356 e. The Kier molecular flexibility index (Phi) is 8.65. The van der Waals surface area contributed by atoms with Gasteiger partial charge in [0, 0.05) is 6.54 Å². The van der Waals surface area contributed by atoms with E-state index in [0.717, 1.165) is 38.0 Å². The number of amides is 1. The van der Waals surface area contributed by atoms with Gasteiger partial charge in [0.05, 0.1) is 6.42 Å². The van der Waals surface area contributed by atoms with Crippen molar-refractivity contribution in [1.82, 2.24) is 10.2 Å². The topological polar surface area (TPSA) is 32.3 Å². The summed E-state index contributed by atoms with van der Waals surface area (Å²) in [7, 11) is 0. The molecule has 0 bridgehead atoms. The molecule has 0 saturated carbocycles. The van der Waals surface area contributed by atoms with Crippen molar-refractivity contribution in [3.8, 4) is 0 Å². The third-order valence-electron chi connectivity index (χ3n) is 6.76. The highest BCUT2D eigenvalue weighted by Gasteiger charge is 2.35. The zero-order chi connectivity index (χ0) is 22.1. The van der Waals surface area contributed by atoms with Crippen molar-refractivity contribution in [1.29, 1.82) is 0 Å². The second kappa shape index (κ2) is 11.4. The molecule has 31 heavy (non-hydrogen) atoms. The Balaban J connectivity index is 1.36. The molecule has 2 aromatic rings. The zero-order valence-electron chi connectivity index (χ0n) is 19.1. The van der Waals surface area contributed by atoms with Gasteiger partial charge in [0.25, 0.3) is 0 Å². The second-order valence-corrected chi connectivity index (χ2v) is 9.05. The molecule has 1 fully saturated rings. The average molecular weight is 425 g/mol. The standard InChI is InChI=1S/C27H37FN2O/c1-3-14-27(25-9-5-4-8-22(25)2)15-19-30(20-16-27)18-7-6-17-29-26(31)21-23-10-12-24(28)13-11-23/h4-5,8-13H,3,6-7,14-21H2,1-2H3,(H,29,31). The van der Waals surface area contributed by atoms with Crippen LogP contribution < -0.4 is 5.32 Å². The Labute approximate surface area is 187 Å². The van der Waals surface area contributed by atoms with Gasteiger partial charge in [-0.1, -0.05) is 49.7 Å².